The van der Waals surface area contributed by atoms with Crippen molar-refractivity contribution in [2.45, 2.75) is 52.1 Å². The maximum Gasteiger partial charge on any atom is 0.355 e. The highest BCUT2D eigenvalue weighted by Crippen LogP contribution is 2.47. The molecule has 2 atom stereocenters. The quantitative estimate of drug-likeness (QED) is 0.306. The zero-order valence-electron chi connectivity index (χ0n) is 25.9. The second-order valence-corrected chi connectivity index (χ2v) is 12.5. The lowest BCUT2D eigenvalue weighted by Gasteiger charge is -2.47. The number of halogens is 2. The van der Waals surface area contributed by atoms with Crippen molar-refractivity contribution in [1.29, 1.82) is 0 Å². The number of hydrogen-bond donors (Lipinski definition) is 1. The number of rotatable bonds is 4. The number of aromatic nitrogens is 4. The van der Waals surface area contributed by atoms with Crippen molar-refractivity contribution < 1.29 is 14.3 Å². The van der Waals surface area contributed by atoms with Crippen LogP contribution in [0.4, 0.5) is 15.9 Å². The summed E-state index contributed by atoms with van der Waals surface area (Å²) in [6, 6.07) is 5.46. The summed E-state index contributed by atoms with van der Waals surface area (Å²) >= 11 is 7.14. The van der Waals surface area contributed by atoms with Crippen molar-refractivity contribution in [2.75, 3.05) is 36.5 Å². The van der Waals surface area contributed by atoms with Crippen molar-refractivity contribution in [3.63, 3.8) is 0 Å². The molecule has 10 nitrogen and oxygen atoms in total. The summed E-state index contributed by atoms with van der Waals surface area (Å²) in [7, 11) is 1.87. The first kappa shape index (κ1) is 30.5. The number of anilines is 2. The number of piperazine rings is 1. The number of carbonyl (C=O) groups is 1. The number of amides is 1. The van der Waals surface area contributed by atoms with Gasteiger partial charge in [-0.15, -0.1) is 0 Å². The molecule has 4 aromatic rings. The van der Waals surface area contributed by atoms with E-state index in [1.165, 1.54) is 28.8 Å². The van der Waals surface area contributed by atoms with E-state index in [2.05, 4.69) is 16.5 Å². The molecular formula is C33H35ClFN7O3. The van der Waals surface area contributed by atoms with Gasteiger partial charge in [-0.2, -0.15) is 4.98 Å². The van der Waals surface area contributed by atoms with Gasteiger partial charge in [0.05, 0.1) is 33.0 Å². The van der Waals surface area contributed by atoms with Crippen LogP contribution >= 0.6 is 11.6 Å². The van der Waals surface area contributed by atoms with Gasteiger partial charge in [0.15, 0.2) is 5.65 Å². The van der Waals surface area contributed by atoms with Crippen molar-refractivity contribution >= 4 is 40.0 Å². The van der Waals surface area contributed by atoms with E-state index in [1.54, 1.807) is 11.1 Å². The van der Waals surface area contributed by atoms with Crippen LogP contribution in [0.15, 0.2) is 47.9 Å². The third-order valence-electron chi connectivity index (χ3n) is 8.83. The molecule has 2 aliphatic rings. The van der Waals surface area contributed by atoms with Crippen molar-refractivity contribution in [2.24, 2.45) is 0 Å². The number of aromatic hydroxyl groups is 1. The largest absolute Gasteiger partial charge is 0.507 e. The van der Waals surface area contributed by atoms with Crippen LogP contribution in [-0.2, 0) is 4.79 Å². The molecule has 1 saturated heterocycles. The van der Waals surface area contributed by atoms with E-state index < -0.39 is 11.5 Å². The van der Waals surface area contributed by atoms with Crippen LogP contribution in [0.1, 0.15) is 44.4 Å². The molecule has 1 fully saturated rings. The zero-order chi connectivity index (χ0) is 32.3. The Labute approximate surface area is 265 Å². The fraction of sp³-hybridized carbons (Fsp3) is 0.364. The second kappa shape index (κ2) is 11.4. The topological polar surface area (TPSA) is 108 Å². The maximum atomic E-state index is 15.4. The number of phenolic OH excluding ortho intramolecular Hbond substituents is 1. The highest BCUT2D eigenvalue weighted by Gasteiger charge is 2.39. The summed E-state index contributed by atoms with van der Waals surface area (Å²) < 4.78 is 16.8. The lowest BCUT2D eigenvalue weighted by molar-refractivity contribution is -0.128. The van der Waals surface area contributed by atoms with Gasteiger partial charge in [0.25, 0.3) is 0 Å². The van der Waals surface area contributed by atoms with E-state index >= 15 is 4.39 Å². The molecule has 45 heavy (non-hydrogen) atoms. The van der Waals surface area contributed by atoms with E-state index in [4.69, 9.17) is 21.6 Å². The van der Waals surface area contributed by atoms with Gasteiger partial charge in [-0.05, 0) is 56.0 Å². The predicted molar refractivity (Wildman–Crippen MR) is 174 cm³/mol. The minimum Gasteiger partial charge on any atom is -0.507 e. The van der Waals surface area contributed by atoms with Gasteiger partial charge in [-0.3, -0.25) is 9.78 Å². The molecule has 2 unspecified atom stereocenters. The molecule has 0 saturated carbocycles. The Morgan fingerprint density at radius 2 is 1.96 bits per heavy atom. The van der Waals surface area contributed by atoms with Crippen molar-refractivity contribution in [3.05, 3.63) is 75.7 Å². The smallest absolute Gasteiger partial charge is 0.355 e. The van der Waals surface area contributed by atoms with Crippen LogP contribution in [-0.4, -0.2) is 74.2 Å². The fourth-order valence-corrected chi connectivity index (χ4v) is 6.96. The van der Waals surface area contributed by atoms with Crippen LogP contribution in [0, 0.1) is 12.7 Å². The second-order valence-electron chi connectivity index (χ2n) is 12.1. The standard InChI is InChI=1S/C33H35ClFN7O3/c1-7-23(44)40-16-20-12-14-39(6)30-25-31(41(20)15-19(40)5)38-33(45)42(29-18(4)11-13-36-27(29)17(2)3)32(25)37-28(26(30)34)24-21(35)9-8-10-22(24)43/h7-11,13,17,19-20,43H,1,12,14-16H2,2-6H3. The highest BCUT2D eigenvalue weighted by molar-refractivity contribution is 6.37. The lowest BCUT2D eigenvalue weighted by atomic mass is 9.99. The number of phenols is 1. The van der Waals surface area contributed by atoms with Crippen molar-refractivity contribution in [1.82, 2.24) is 24.4 Å². The third-order valence-corrected chi connectivity index (χ3v) is 9.18. The first-order valence-corrected chi connectivity index (χ1v) is 15.3. The first-order chi connectivity index (χ1) is 21.4. The lowest BCUT2D eigenvalue weighted by Crippen LogP contribution is -2.60. The summed E-state index contributed by atoms with van der Waals surface area (Å²) in [6.07, 6.45) is 3.64. The molecule has 1 aromatic carbocycles. The predicted octanol–water partition coefficient (Wildman–Crippen LogP) is 5.20. The van der Waals surface area contributed by atoms with E-state index in [0.29, 0.717) is 54.3 Å². The van der Waals surface area contributed by atoms with Gasteiger partial charge >= 0.3 is 5.69 Å². The SMILES string of the molecule is C=CC(=O)N1CC2CCN(C)c3c(Cl)c(-c4c(O)cccc4F)nc4c3c(nc(=O)n4-c3c(C)ccnc3C(C)C)N2CC1C. The average molecular weight is 632 g/mol. The third kappa shape index (κ3) is 4.89. The van der Waals surface area contributed by atoms with Crippen LogP contribution in [0.2, 0.25) is 5.02 Å². The number of hydrogen-bond acceptors (Lipinski definition) is 8. The number of benzene rings is 1. The summed E-state index contributed by atoms with van der Waals surface area (Å²) in [5.41, 5.74) is 1.98. The zero-order valence-corrected chi connectivity index (χ0v) is 26.6. The Morgan fingerprint density at radius 3 is 2.64 bits per heavy atom. The highest BCUT2D eigenvalue weighted by atomic mass is 35.5. The molecule has 1 N–H and O–H groups in total. The molecule has 0 radical (unpaired) electrons. The average Bonchev–Trinajstić information content (AvgIpc) is 2.99. The van der Waals surface area contributed by atoms with Gasteiger partial charge in [0, 0.05) is 45.0 Å². The monoisotopic (exact) mass is 631 g/mol. The molecule has 5 heterocycles. The number of carbonyl (C=O) groups excluding carboxylic acids is 1. The Balaban J connectivity index is 1.76. The molecule has 12 heteroatoms. The maximum absolute atomic E-state index is 15.4. The molecule has 0 aliphatic carbocycles. The van der Waals surface area contributed by atoms with Crippen molar-refractivity contribution in [3.8, 4) is 22.7 Å². The Bertz CT molecular complexity index is 1910. The molecular weight excluding hydrogens is 597 g/mol. The van der Waals surface area contributed by atoms with Crippen LogP contribution < -0.4 is 15.5 Å². The molecule has 0 spiro atoms. The summed E-state index contributed by atoms with van der Waals surface area (Å²) in [4.78, 5) is 47.1. The van der Waals surface area contributed by atoms with E-state index in [-0.39, 0.29) is 51.6 Å². The number of aryl methyl sites for hydroxylation is 1. The fourth-order valence-electron chi connectivity index (χ4n) is 6.58. The molecule has 6 rings (SSSR count). The van der Waals surface area contributed by atoms with Crippen LogP contribution in [0.5, 0.6) is 5.75 Å². The molecule has 3 aromatic heterocycles. The van der Waals surface area contributed by atoms with Gasteiger partial charge in [0.1, 0.15) is 23.1 Å². The summed E-state index contributed by atoms with van der Waals surface area (Å²) in [6.45, 7) is 12.8. The Hall–Kier alpha value is -4.51. The van der Waals surface area contributed by atoms with E-state index in [1.807, 2.05) is 45.7 Å². The number of nitrogens with zero attached hydrogens (tertiary/aromatic N) is 7. The van der Waals surface area contributed by atoms with Crippen LogP contribution in [0.3, 0.4) is 0 Å². The van der Waals surface area contributed by atoms with Gasteiger partial charge in [-0.25, -0.2) is 18.7 Å². The Kier molecular flexibility index (Phi) is 7.76. The first-order valence-electron chi connectivity index (χ1n) is 14.9. The minimum atomic E-state index is -0.704. The summed E-state index contributed by atoms with van der Waals surface area (Å²) in [5, 5.41) is 11.5. The van der Waals surface area contributed by atoms with Gasteiger partial charge < -0.3 is 19.8 Å². The van der Waals surface area contributed by atoms with Gasteiger partial charge in [-0.1, -0.05) is 38.1 Å². The molecule has 0 bridgehead atoms. The Morgan fingerprint density at radius 1 is 1.20 bits per heavy atom. The van der Waals surface area contributed by atoms with E-state index in [0.717, 1.165) is 5.56 Å². The van der Waals surface area contributed by atoms with Crippen LogP contribution in [0.25, 0.3) is 28.0 Å². The van der Waals surface area contributed by atoms with E-state index in [9.17, 15) is 14.7 Å². The summed E-state index contributed by atoms with van der Waals surface area (Å²) in [5.74, 6) is -0.846. The minimum absolute atomic E-state index is 0.00597. The number of pyridine rings is 2. The molecule has 234 valence electrons. The molecule has 1 amide bonds. The normalized spacial score (nSPS) is 18.2. The number of fused-ring (bicyclic) bond motifs is 2. The van der Waals surface area contributed by atoms with Gasteiger partial charge in [0.2, 0.25) is 5.91 Å². The molecule has 2 aliphatic heterocycles.